The fourth-order valence-electron chi connectivity index (χ4n) is 2.35. The summed E-state index contributed by atoms with van der Waals surface area (Å²) < 4.78 is 1.21. The number of anilines is 1. The van der Waals surface area contributed by atoms with Crippen molar-refractivity contribution in [2.24, 2.45) is 0 Å². The summed E-state index contributed by atoms with van der Waals surface area (Å²) in [6.45, 7) is 10.1. The number of nitrogens with zero attached hydrogens (tertiary/aromatic N) is 1. The molecule has 0 spiro atoms. The highest BCUT2D eigenvalue weighted by atomic mass is 79.9. The van der Waals surface area contributed by atoms with Crippen molar-refractivity contribution >= 4 is 21.6 Å². The Kier molecular flexibility index (Phi) is 4.33. The number of rotatable bonds is 1. The van der Waals surface area contributed by atoms with Gasteiger partial charge in [0.25, 0.3) is 0 Å². The smallest absolute Gasteiger partial charge is 0.0377 e. The molecule has 1 heterocycles. The van der Waals surface area contributed by atoms with Crippen molar-refractivity contribution in [2.75, 3.05) is 24.5 Å². The van der Waals surface area contributed by atoms with Gasteiger partial charge in [-0.3, -0.25) is 0 Å². The number of hydrogen-bond donors (Lipinski definition) is 1. The lowest BCUT2D eigenvalue weighted by atomic mass is 9.98. The molecule has 2 nitrogen and oxygen atoms in total. The van der Waals surface area contributed by atoms with E-state index in [2.05, 4.69) is 65.1 Å². The van der Waals surface area contributed by atoms with Crippen molar-refractivity contribution in [1.82, 2.24) is 5.32 Å². The van der Waals surface area contributed by atoms with Crippen LogP contribution in [0.3, 0.4) is 0 Å². The summed E-state index contributed by atoms with van der Waals surface area (Å²) in [5.74, 6) is 0. The molecule has 0 unspecified atom stereocenters. The molecule has 0 amide bonds. The van der Waals surface area contributed by atoms with Crippen LogP contribution in [-0.4, -0.2) is 25.2 Å². The van der Waals surface area contributed by atoms with E-state index in [0.29, 0.717) is 0 Å². The van der Waals surface area contributed by atoms with E-state index in [9.17, 15) is 0 Å². The van der Waals surface area contributed by atoms with Gasteiger partial charge in [-0.15, -0.1) is 0 Å². The average molecular weight is 311 g/mol. The van der Waals surface area contributed by atoms with Crippen molar-refractivity contribution in [2.45, 2.75) is 39.2 Å². The van der Waals surface area contributed by atoms with Gasteiger partial charge < -0.3 is 10.2 Å². The van der Waals surface area contributed by atoms with E-state index in [1.54, 1.807) is 0 Å². The fraction of sp³-hybridized carbons (Fsp3) is 0.600. The SMILES string of the molecule is Cc1ccc(N2CCCNC(C)(C)CC2)cc1Br. The third kappa shape index (κ3) is 3.48. The van der Waals surface area contributed by atoms with Crippen LogP contribution in [0.25, 0.3) is 0 Å². The quantitative estimate of drug-likeness (QED) is 0.850. The molecule has 1 saturated heterocycles. The van der Waals surface area contributed by atoms with Crippen LogP contribution in [0, 0.1) is 6.92 Å². The number of halogens is 1. The molecule has 1 fully saturated rings. The lowest BCUT2D eigenvalue weighted by Gasteiger charge is -2.35. The number of hydrogen-bond acceptors (Lipinski definition) is 2. The predicted molar refractivity (Wildman–Crippen MR) is 82.4 cm³/mol. The highest BCUT2D eigenvalue weighted by Crippen LogP contribution is 2.25. The molecule has 100 valence electrons. The Labute approximate surface area is 119 Å². The summed E-state index contributed by atoms with van der Waals surface area (Å²) in [4.78, 5) is 2.51. The van der Waals surface area contributed by atoms with Crippen LogP contribution >= 0.6 is 15.9 Å². The van der Waals surface area contributed by atoms with Gasteiger partial charge in [-0.05, 0) is 57.9 Å². The van der Waals surface area contributed by atoms with Crippen LogP contribution < -0.4 is 10.2 Å². The standard InChI is InChI=1S/C15H23BrN2/c1-12-5-6-13(11-14(12)16)18-9-4-8-17-15(2,3)7-10-18/h5-6,11,17H,4,7-10H2,1-3H3. The summed E-state index contributed by atoms with van der Waals surface area (Å²) in [7, 11) is 0. The highest BCUT2D eigenvalue weighted by Gasteiger charge is 2.21. The number of nitrogens with one attached hydrogen (secondary N) is 1. The molecular weight excluding hydrogens is 288 g/mol. The van der Waals surface area contributed by atoms with E-state index in [4.69, 9.17) is 0 Å². The van der Waals surface area contributed by atoms with E-state index in [1.165, 1.54) is 28.6 Å². The maximum absolute atomic E-state index is 3.63. The largest absolute Gasteiger partial charge is 0.371 e. The van der Waals surface area contributed by atoms with E-state index in [-0.39, 0.29) is 5.54 Å². The maximum atomic E-state index is 3.63. The summed E-state index contributed by atoms with van der Waals surface area (Å²) in [6.07, 6.45) is 2.38. The molecule has 3 heteroatoms. The minimum Gasteiger partial charge on any atom is -0.371 e. The molecule has 2 rings (SSSR count). The number of benzene rings is 1. The van der Waals surface area contributed by atoms with Gasteiger partial charge in [0.1, 0.15) is 0 Å². The van der Waals surface area contributed by atoms with Gasteiger partial charge >= 0.3 is 0 Å². The van der Waals surface area contributed by atoms with E-state index in [0.717, 1.165) is 19.6 Å². The Morgan fingerprint density at radius 2 is 2.06 bits per heavy atom. The zero-order valence-electron chi connectivity index (χ0n) is 11.6. The van der Waals surface area contributed by atoms with Gasteiger partial charge in [0.05, 0.1) is 0 Å². The van der Waals surface area contributed by atoms with Crippen LogP contribution in [0.2, 0.25) is 0 Å². The molecule has 1 aliphatic heterocycles. The minimum atomic E-state index is 0.251. The third-order valence-electron chi connectivity index (χ3n) is 3.74. The first-order valence-corrected chi connectivity index (χ1v) is 7.53. The van der Waals surface area contributed by atoms with Gasteiger partial charge in [0.15, 0.2) is 0 Å². The molecular formula is C15H23BrN2. The van der Waals surface area contributed by atoms with Crippen molar-refractivity contribution in [3.63, 3.8) is 0 Å². The zero-order valence-corrected chi connectivity index (χ0v) is 13.2. The van der Waals surface area contributed by atoms with Crippen LogP contribution in [0.4, 0.5) is 5.69 Å². The van der Waals surface area contributed by atoms with E-state index >= 15 is 0 Å². The van der Waals surface area contributed by atoms with Crippen molar-refractivity contribution in [1.29, 1.82) is 0 Å². The van der Waals surface area contributed by atoms with E-state index < -0.39 is 0 Å². The van der Waals surface area contributed by atoms with Crippen molar-refractivity contribution in [3.05, 3.63) is 28.2 Å². The highest BCUT2D eigenvalue weighted by molar-refractivity contribution is 9.10. The Hall–Kier alpha value is -0.540. The van der Waals surface area contributed by atoms with Gasteiger partial charge in [0.2, 0.25) is 0 Å². The summed E-state index contributed by atoms with van der Waals surface area (Å²) in [6, 6.07) is 6.68. The molecule has 0 aromatic heterocycles. The molecule has 0 atom stereocenters. The topological polar surface area (TPSA) is 15.3 Å². The van der Waals surface area contributed by atoms with Crippen molar-refractivity contribution < 1.29 is 0 Å². The number of aryl methyl sites for hydroxylation is 1. The van der Waals surface area contributed by atoms with Crippen LogP contribution in [-0.2, 0) is 0 Å². The second-order valence-electron chi connectivity index (χ2n) is 5.83. The Morgan fingerprint density at radius 1 is 1.28 bits per heavy atom. The van der Waals surface area contributed by atoms with Gasteiger partial charge in [-0.2, -0.15) is 0 Å². The monoisotopic (exact) mass is 310 g/mol. The Bertz CT molecular complexity index is 415. The fourth-order valence-corrected chi connectivity index (χ4v) is 2.71. The first-order valence-electron chi connectivity index (χ1n) is 6.74. The van der Waals surface area contributed by atoms with Gasteiger partial charge in [0, 0.05) is 28.8 Å². The molecule has 0 saturated carbocycles. The molecule has 0 aliphatic carbocycles. The minimum absolute atomic E-state index is 0.251. The van der Waals surface area contributed by atoms with Gasteiger partial charge in [-0.1, -0.05) is 22.0 Å². The lowest BCUT2D eigenvalue weighted by molar-refractivity contribution is 0.347. The molecule has 0 radical (unpaired) electrons. The predicted octanol–water partition coefficient (Wildman–Crippen LogP) is 3.73. The summed E-state index contributed by atoms with van der Waals surface area (Å²) in [5.41, 5.74) is 2.89. The van der Waals surface area contributed by atoms with Crippen LogP contribution in [0.1, 0.15) is 32.3 Å². The lowest BCUT2D eigenvalue weighted by Crippen LogP contribution is -2.46. The van der Waals surface area contributed by atoms with Crippen LogP contribution in [0.5, 0.6) is 0 Å². The second kappa shape index (κ2) is 5.62. The zero-order chi connectivity index (χ0) is 13.2. The third-order valence-corrected chi connectivity index (χ3v) is 4.59. The Morgan fingerprint density at radius 3 is 2.78 bits per heavy atom. The van der Waals surface area contributed by atoms with Crippen molar-refractivity contribution in [3.8, 4) is 0 Å². The molecule has 18 heavy (non-hydrogen) atoms. The normalized spacial score (nSPS) is 20.3. The summed E-state index contributed by atoms with van der Waals surface area (Å²) in [5, 5.41) is 3.62. The van der Waals surface area contributed by atoms with Gasteiger partial charge in [-0.25, -0.2) is 0 Å². The molecule has 1 aromatic carbocycles. The molecule has 1 N–H and O–H groups in total. The molecule has 1 aromatic rings. The second-order valence-corrected chi connectivity index (χ2v) is 6.69. The molecule has 1 aliphatic rings. The maximum Gasteiger partial charge on any atom is 0.0377 e. The first-order chi connectivity index (χ1) is 8.48. The Balaban J connectivity index is 2.13. The molecule has 0 bridgehead atoms. The van der Waals surface area contributed by atoms with E-state index in [1.807, 2.05) is 0 Å². The van der Waals surface area contributed by atoms with Crippen LogP contribution in [0.15, 0.2) is 22.7 Å². The summed E-state index contributed by atoms with van der Waals surface area (Å²) >= 11 is 3.63. The average Bonchev–Trinajstić information content (AvgIpc) is 2.29. The first kappa shape index (κ1) is 13.9.